The minimum Gasteiger partial charge on any atom is -0.0845 e. The van der Waals surface area contributed by atoms with Gasteiger partial charge in [-0.25, -0.2) is 0 Å². The van der Waals surface area contributed by atoms with Crippen molar-refractivity contribution in [1.29, 1.82) is 0 Å². The second-order valence-corrected chi connectivity index (χ2v) is 4.29. The van der Waals surface area contributed by atoms with Gasteiger partial charge in [0.1, 0.15) is 0 Å². The fourth-order valence-corrected chi connectivity index (χ4v) is 1.33. The maximum Gasteiger partial charge on any atom is 0.0400 e. The van der Waals surface area contributed by atoms with E-state index in [4.69, 9.17) is 11.6 Å². The number of allylic oxidation sites excluding steroid dienone is 6. The summed E-state index contributed by atoms with van der Waals surface area (Å²) in [5.41, 5.74) is 2.45. The van der Waals surface area contributed by atoms with Crippen LogP contribution in [0.2, 0.25) is 0 Å². The first-order valence-electron chi connectivity index (χ1n) is 5.20. The van der Waals surface area contributed by atoms with E-state index in [1.165, 1.54) is 11.1 Å². The molecule has 0 atom stereocenters. The summed E-state index contributed by atoms with van der Waals surface area (Å²) in [6, 6.07) is 0. The molecule has 0 fully saturated rings. The van der Waals surface area contributed by atoms with Crippen molar-refractivity contribution in [1.82, 2.24) is 0 Å². The average molecular weight is 213 g/mol. The van der Waals surface area contributed by atoms with Crippen LogP contribution in [0.3, 0.4) is 0 Å². The molecule has 0 heterocycles. The Labute approximate surface area is 93.4 Å². The summed E-state index contributed by atoms with van der Waals surface area (Å²) >= 11 is 6.17. The van der Waals surface area contributed by atoms with Gasteiger partial charge in [-0.2, -0.15) is 0 Å². The molecule has 1 heteroatoms. The lowest BCUT2D eigenvalue weighted by molar-refractivity contribution is 0.767. The summed E-state index contributed by atoms with van der Waals surface area (Å²) < 4.78 is 0. The van der Waals surface area contributed by atoms with E-state index >= 15 is 0 Å². The van der Waals surface area contributed by atoms with Crippen LogP contribution >= 0.6 is 11.6 Å². The molecule has 0 spiro atoms. The second kappa shape index (κ2) is 6.89. The van der Waals surface area contributed by atoms with Gasteiger partial charge in [0, 0.05) is 5.03 Å². The average Bonchev–Trinajstić information content (AvgIpc) is 2.13. The molecule has 0 aliphatic heterocycles. The lowest BCUT2D eigenvalue weighted by Crippen LogP contribution is -1.90. The Hall–Kier alpha value is -0.490. The molecular formula is C13H21Cl. The smallest absolute Gasteiger partial charge is 0.0400 e. The molecule has 0 saturated carbocycles. The Balaban J connectivity index is 4.64. The quantitative estimate of drug-likeness (QED) is 0.571. The summed E-state index contributed by atoms with van der Waals surface area (Å²) in [5, 5.41) is 0.873. The Morgan fingerprint density at radius 2 is 1.86 bits per heavy atom. The fraction of sp³-hybridized carbons (Fsp3) is 0.538. The molecule has 0 rings (SSSR count). The highest BCUT2D eigenvalue weighted by Crippen LogP contribution is 2.19. The van der Waals surface area contributed by atoms with Gasteiger partial charge >= 0.3 is 0 Å². The van der Waals surface area contributed by atoms with E-state index in [9.17, 15) is 0 Å². The SMILES string of the molecule is CC/C=C/C(C)=C\C(Cl)=C(/C)C(C)C. The van der Waals surface area contributed by atoms with Crippen molar-refractivity contribution < 1.29 is 0 Å². The van der Waals surface area contributed by atoms with Gasteiger partial charge in [-0.1, -0.05) is 50.1 Å². The molecule has 0 nitrogen and oxygen atoms in total. The van der Waals surface area contributed by atoms with Gasteiger partial charge in [0.25, 0.3) is 0 Å². The Morgan fingerprint density at radius 3 is 2.29 bits per heavy atom. The minimum absolute atomic E-state index is 0.515. The zero-order valence-electron chi connectivity index (χ0n) is 9.89. The summed E-state index contributed by atoms with van der Waals surface area (Å²) in [7, 11) is 0. The number of halogens is 1. The van der Waals surface area contributed by atoms with Crippen molar-refractivity contribution in [2.24, 2.45) is 5.92 Å². The maximum absolute atomic E-state index is 6.17. The molecule has 0 N–H and O–H groups in total. The highest BCUT2D eigenvalue weighted by atomic mass is 35.5. The summed E-state index contributed by atoms with van der Waals surface area (Å²) in [6.45, 7) is 10.6. The first-order valence-corrected chi connectivity index (χ1v) is 5.58. The molecule has 0 radical (unpaired) electrons. The normalized spacial score (nSPS) is 15.2. The van der Waals surface area contributed by atoms with Crippen LogP contribution in [0.15, 0.2) is 34.4 Å². The van der Waals surface area contributed by atoms with Crippen molar-refractivity contribution in [2.45, 2.75) is 41.0 Å². The fourth-order valence-electron chi connectivity index (χ4n) is 0.941. The molecule has 80 valence electrons. The van der Waals surface area contributed by atoms with Gasteiger partial charge in [0.2, 0.25) is 0 Å². The van der Waals surface area contributed by atoms with Gasteiger partial charge in [0.05, 0.1) is 0 Å². The number of rotatable bonds is 4. The largest absolute Gasteiger partial charge is 0.0845 e. The first kappa shape index (κ1) is 13.5. The summed E-state index contributed by atoms with van der Waals surface area (Å²) in [5.74, 6) is 0.515. The standard InChI is InChI=1S/C13H21Cl/c1-6-7-8-11(4)9-13(14)12(5)10(2)3/h7-10H,6H2,1-5H3/b8-7+,11-9-,13-12-. The summed E-state index contributed by atoms with van der Waals surface area (Å²) in [4.78, 5) is 0. The first-order chi connectivity index (χ1) is 6.49. The highest BCUT2D eigenvalue weighted by molar-refractivity contribution is 6.31. The molecule has 0 aliphatic carbocycles. The third-order valence-electron chi connectivity index (χ3n) is 2.21. The predicted octanol–water partition coefficient (Wildman–Crippen LogP) is 5.07. The highest BCUT2D eigenvalue weighted by Gasteiger charge is 2.00. The Morgan fingerprint density at radius 1 is 1.29 bits per heavy atom. The predicted molar refractivity (Wildman–Crippen MR) is 66.6 cm³/mol. The van der Waals surface area contributed by atoms with E-state index in [0.717, 1.165) is 11.5 Å². The molecule has 0 unspecified atom stereocenters. The van der Waals surface area contributed by atoms with Crippen LogP contribution in [-0.4, -0.2) is 0 Å². The van der Waals surface area contributed by atoms with Crippen LogP contribution in [0.25, 0.3) is 0 Å². The molecule has 0 aliphatic rings. The van der Waals surface area contributed by atoms with E-state index < -0.39 is 0 Å². The van der Waals surface area contributed by atoms with E-state index in [2.05, 4.69) is 46.8 Å². The van der Waals surface area contributed by atoms with E-state index in [1.807, 2.05) is 6.08 Å². The molecule has 0 aromatic heterocycles. The molecule has 0 amide bonds. The third kappa shape index (κ3) is 5.29. The maximum atomic E-state index is 6.17. The van der Waals surface area contributed by atoms with Crippen LogP contribution in [0, 0.1) is 5.92 Å². The molecule has 14 heavy (non-hydrogen) atoms. The van der Waals surface area contributed by atoms with Gasteiger partial charge < -0.3 is 0 Å². The van der Waals surface area contributed by atoms with Crippen LogP contribution in [0.4, 0.5) is 0 Å². The zero-order chi connectivity index (χ0) is 11.1. The third-order valence-corrected chi connectivity index (χ3v) is 2.62. The molecule has 0 saturated heterocycles. The summed E-state index contributed by atoms with van der Waals surface area (Å²) in [6.07, 6.45) is 7.34. The van der Waals surface area contributed by atoms with Crippen molar-refractivity contribution >= 4 is 11.6 Å². The molecule has 0 aromatic rings. The van der Waals surface area contributed by atoms with E-state index in [-0.39, 0.29) is 0 Å². The van der Waals surface area contributed by atoms with Crippen LogP contribution in [0.1, 0.15) is 41.0 Å². The second-order valence-electron chi connectivity index (χ2n) is 3.88. The Kier molecular flexibility index (Phi) is 6.65. The van der Waals surface area contributed by atoms with E-state index in [0.29, 0.717) is 5.92 Å². The molecule has 0 aromatic carbocycles. The van der Waals surface area contributed by atoms with Crippen LogP contribution in [-0.2, 0) is 0 Å². The molecule has 0 bridgehead atoms. The van der Waals surface area contributed by atoms with Crippen LogP contribution < -0.4 is 0 Å². The monoisotopic (exact) mass is 212 g/mol. The van der Waals surface area contributed by atoms with Gasteiger partial charge in [-0.15, -0.1) is 0 Å². The number of hydrogen-bond donors (Lipinski definition) is 0. The van der Waals surface area contributed by atoms with Gasteiger partial charge in [0.15, 0.2) is 0 Å². The van der Waals surface area contributed by atoms with Crippen molar-refractivity contribution in [2.75, 3.05) is 0 Å². The van der Waals surface area contributed by atoms with Gasteiger partial charge in [-0.3, -0.25) is 0 Å². The molecular weight excluding hydrogens is 192 g/mol. The van der Waals surface area contributed by atoms with Crippen molar-refractivity contribution in [3.05, 3.63) is 34.4 Å². The van der Waals surface area contributed by atoms with Crippen molar-refractivity contribution in [3.63, 3.8) is 0 Å². The zero-order valence-corrected chi connectivity index (χ0v) is 10.7. The van der Waals surface area contributed by atoms with Gasteiger partial charge in [-0.05, 0) is 37.8 Å². The lowest BCUT2D eigenvalue weighted by Gasteiger charge is -2.06. The van der Waals surface area contributed by atoms with Crippen LogP contribution in [0.5, 0.6) is 0 Å². The van der Waals surface area contributed by atoms with E-state index in [1.54, 1.807) is 0 Å². The lowest BCUT2D eigenvalue weighted by atomic mass is 10.0. The number of hydrogen-bond acceptors (Lipinski definition) is 0. The minimum atomic E-state index is 0.515. The topological polar surface area (TPSA) is 0 Å². The Bertz CT molecular complexity index is 254. The van der Waals surface area contributed by atoms with Crippen molar-refractivity contribution in [3.8, 4) is 0 Å².